The summed E-state index contributed by atoms with van der Waals surface area (Å²) >= 11 is 0. The molecule has 0 aromatic heterocycles. The number of hydrogen-bond acceptors (Lipinski definition) is 7. The molecule has 1 aliphatic heterocycles. The lowest BCUT2D eigenvalue weighted by atomic mass is 10.0. The van der Waals surface area contributed by atoms with Crippen LogP contribution in [0.15, 0.2) is 78.9 Å². The van der Waals surface area contributed by atoms with Crippen molar-refractivity contribution in [2.24, 2.45) is 0 Å². The zero-order valence-corrected chi connectivity index (χ0v) is 23.3. The van der Waals surface area contributed by atoms with E-state index in [9.17, 15) is 29.3 Å². The summed E-state index contributed by atoms with van der Waals surface area (Å²) in [6, 6.07) is 20.8. The molecule has 1 fully saturated rings. The van der Waals surface area contributed by atoms with Gasteiger partial charge in [-0.1, -0.05) is 42.5 Å². The highest BCUT2D eigenvalue weighted by Crippen LogP contribution is 2.21. The summed E-state index contributed by atoms with van der Waals surface area (Å²) in [5.74, 6) is -1.34. The summed E-state index contributed by atoms with van der Waals surface area (Å²) in [6.45, 7) is -0.486. The molecule has 1 heterocycles. The first-order valence-corrected chi connectivity index (χ1v) is 13.2. The number of nitrogens with zero attached hydrogens (tertiary/aromatic N) is 4. The Bertz CT molecular complexity index is 1460. The number of hydrogen-bond donors (Lipinski definition) is 1. The van der Waals surface area contributed by atoms with Crippen LogP contribution in [-0.4, -0.2) is 84.7 Å². The molecule has 1 atom stereocenters. The number of carbonyl (C=O) groups excluding carboxylic acids is 4. The van der Waals surface area contributed by atoms with Crippen molar-refractivity contribution in [1.82, 2.24) is 15.1 Å². The monoisotopic (exact) mass is 573 g/mol. The number of likely N-dealkylation sites (N-methyl/N-ethyl adjacent to an activating group) is 1. The third-order valence-electron chi connectivity index (χ3n) is 6.98. The van der Waals surface area contributed by atoms with Gasteiger partial charge < -0.3 is 24.8 Å². The average Bonchev–Trinajstić information content (AvgIpc) is 3.01. The number of methoxy groups -OCH3 is 1. The lowest BCUT2D eigenvalue weighted by Gasteiger charge is -2.34. The highest BCUT2D eigenvalue weighted by Gasteiger charge is 2.33. The maximum Gasteiger partial charge on any atom is 0.282 e. The van der Waals surface area contributed by atoms with E-state index < -0.39 is 28.7 Å². The predicted octanol–water partition coefficient (Wildman–Crippen LogP) is 2.28. The number of piperazine rings is 1. The molecule has 218 valence electrons. The lowest BCUT2D eigenvalue weighted by Crippen LogP contribution is -2.56. The van der Waals surface area contributed by atoms with Crippen LogP contribution in [0.1, 0.15) is 15.9 Å². The van der Waals surface area contributed by atoms with Crippen LogP contribution in [-0.2, 0) is 20.8 Å². The zero-order chi connectivity index (χ0) is 30.2. The summed E-state index contributed by atoms with van der Waals surface area (Å²) in [6.07, 6.45) is 0.234. The predicted molar refractivity (Wildman–Crippen MR) is 154 cm³/mol. The largest absolute Gasteiger partial charge is 0.497 e. The van der Waals surface area contributed by atoms with Crippen LogP contribution in [0.4, 0.5) is 11.4 Å². The van der Waals surface area contributed by atoms with Crippen LogP contribution in [0.5, 0.6) is 5.75 Å². The Balaban J connectivity index is 1.42. The van der Waals surface area contributed by atoms with E-state index in [1.54, 1.807) is 38.4 Å². The number of nitro groups is 1. The molecule has 1 saturated heterocycles. The van der Waals surface area contributed by atoms with Crippen molar-refractivity contribution in [3.05, 3.63) is 100 Å². The van der Waals surface area contributed by atoms with Gasteiger partial charge in [0.2, 0.25) is 17.7 Å². The Hall–Kier alpha value is -5.26. The smallest absolute Gasteiger partial charge is 0.282 e. The molecule has 3 aromatic carbocycles. The Kier molecular flexibility index (Phi) is 9.48. The fourth-order valence-corrected chi connectivity index (χ4v) is 4.66. The number of nitro benzene ring substituents is 1. The molecule has 12 nitrogen and oxygen atoms in total. The van der Waals surface area contributed by atoms with Gasteiger partial charge in [-0.25, -0.2) is 0 Å². The summed E-state index contributed by atoms with van der Waals surface area (Å²) < 4.78 is 5.18. The van der Waals surface area contributed by atoms with Crippen molar-refractivity contribution >= 4 is 35.0 Å². The van der Waals surface area contributed by atoms with E-state index in [0.29, 0.717) is 11.4 Å². The van der Waals surface area contributed by atoms with Crippen molar-refractivity contribution < 1.29 is 28.8 Å². The van der Waals surface area contributed by atoms with Crippen molar-refractivity contribution in [2.45, 2.75) is 12.5 Å². The van der Waals surface area contributed by atoms with Crippen molar-refractivity contribution in [3.63, 3.8) is 0 Å². The van der Waals surface area contributed by atoms with Gasteiger partial charge in [-0.05, 0) is 35.9 Å². The Morgan fingerprint density at radius 2 is 1.67 bits per heavy atom. The number of para-hydroxylation sites is 1. The molecular weight excluding hydrogens is 542 g/mol. The second-order valence-corrected chi connectivity index (χ2v) is 9.72. The number of carbonyl (C=O) groups is 4. The second kappa shape index (κ2) is 13.4. The minimum atomic E-state index is -0.913. The first-order valence-electron chi connectivity index (χ1n) is 13.2. The van der Waals surface area contributed by atoms with Crippen LogP contribution in [0.3, 0.4) is 0 Å². The van der Waals surface area contributed by atoms with E-state index in [1.807, 2.05) is 30.3 Å². The number of ether oxygens (including phenoxy) is 1. The molecule has 0 bridgehead atoms. The molecule has 12 heteroatoms. The molecular formula is C30H31N5O7. The first-order chi connectivity index (χ1) is 20.2. The first kappa shape index (κ1) is 29.7. The minimum Gasteiger partial charge on any atom is -0.497 e. The molecule has 42 heavy (non-hydrogen) atoms. The van der Waals surface area contributed by atoms with E-state index >= 15 is 0 Å². The Morgan fingerprint density at radius 1 is 1.00 bits per heavy atom. The number of nitrogens with one attached hydrogen (secondary N) is 1. The maximum absolute atomic E-state index is 13.5. The topological polar surface area (TPSA) is 142 Å². The van der Waals surface area contributed by atoms with E-state index in [0.717, 1.165) is 5.56 Å². The number of amides is 4. The maximum atomic E-state index is 13.5. The van der Waals surface area contributed by atoms with E-state index in [1.165, 1.54) is 39.0 Å². The third kappa shape index (κ3) is 7.08. The van der Waals surface area contributed by atoms with Crippen LogP contribution >= 0.6 is 0 Å². The average molecular weight is 574 g/mol. The van der Waals surface area contributed by atoms with E-state index in [-0.39, 0.29) is 49.8 Å². The van der Waals surface area contributed by atoms with Gasteiger partial charge in [-0.3, -0.25) is 29.3 Å². The van der Waals surface area contributed by atoms with Crippen LogP contribution in [0.25, 0.3) is 0 Å². The molecule has 0 aliphatic carbocycles. The summed E-state index contributed by atoms with van der Waals surface area (Å²) in [5, 5.41) is 14.1. The summed E-state index contributed by atoms with van der Waals surface area (Å²) in [5.41, 5.74) is 1.01. The van der Waals surface area contributed by atoms with E-state index in [2.05, 4.69) is 5.32 Å². The summed E-state index contributed by atoms with van der Waals surface area (Å²) in [7, 11) is 3.16. The van der Waals surface area contributed by atoms with Gasteiger partial charge >= 0.3 is 0 Å². The molecule has 0 spiro atoms. The molecule has 0 saturated carbocycles. The van der Waals surface area contributed by atoms with Crippen LogP contribution in [0, 0.1) is 10.1 Å². The number of rotatable bonds is 10. The lowest BCUT2D eigenvalue weighted by molar-refractivity contribution is -0.385. The van der Waals surface area contributed by atoms with Gasteiger partial charge in [0.05, 0.1) is 18.6 Å². The van der Waals surface area contributed by atoms with Crippen LogP contribution < -0.4 is 15.0 Å². The van der Waals surface area contributed by atoms with E-state index in [4.69, 9.17) is 4.74 Å². The Labute approximate surface area is 242 Å². The normalized spacial score (nSPS) is 13.7. The zero-order valence-electron chi connectivity index (χ0n) is 23.3. The second-order valence-electron chi connectivity index (χ2n) is 9.72. The fourth-order valence-electron chi connectivity index (χ4n) is 4.66. The van der Waals surface area contributed by atoms with Gasteiger partial charge in [0.15, 0.2) is 0 Å². The highest BCUT2D eigenvalue weighted by molar-refractivity contribution is 6.01. The molecule has 3 aromatic rings. The highest BCUT2D eigenvalue weighted by atomic mass is 16.6. The van der Waals surface area contributed by atoms with Crippen LogP contribution in [0.2, 0.25) is 0 Å². The molecule has 4 rings (SSSR count). The molecule has 0 unspecified atom stereocenters. The van der Waals surface area contributed by atoms with Crippen molar-refractivity contribution in [3.8, 4) is 5.75 Å². The van der Waals surface area contributed by atoms with Gasteiger partial charge in [0.1, 0.15) is 23.9 Å². The molecule has 4 amide bonds. The fraction of sp³-hybridized carbons (Fsp3) is 0.267. The SMILES string of the molecule is COc1ccc(N(C)C(=O)[C@H](Cc2ccccc2)NC(=O)CN2CCN(C(=O)c3ccccc3[N+](=O)[O-])CC2=O)cc1. The summed E-state index contributed by atoms with van der Waals surface area (Å²) in [4.78, 5) is 67.1. The Morgan fingerprint density at radius 3 is 2.31 bits per heavy atom. The minimum absolute atomic E-state index is 0.0572. The van der Waals surface area contributed by atoms with Gasteiger partial charge in [-0.2, -0.15) is 0 Å². The molecule has 1 aliphatic rings. The van der Waals surface area contributed by atoms with Crippen molar-refractivity contribution in [2.75, 3.05) is 45.2 Å². The third-order valence-corrected chi connectivity index (χ3v) is 6.98. The van der Waals surface area contributed by atoms with Gasteiger partial charge in [-0.15, -0.1) is 0 Å². The van der Waals surface area contributed by atoms with Crippen molar-refractivity contribution in [1.29, 1.82) is 0 Å². The molecule has 0 radical (unpaired) electrons. The molecule has 1 N–H and O–H groups in total. The number of anilines is 1. The van der Waals surface area contributed by atoms with Gasteiger partial charge in [0, 0.05) is 38.3 Å². The van der Waals surface area contributed by atoms with Gasteiger partial charge in [0.25, 0.3) is 11.6 Å². The quantitative estimate of drug-likeness (QED) is 0.290. The standard InChI is InChI=1S/C30H31N5O7/c1-32(22-12-14-23(42-2)15-13-22)30(39)25(18-21-8-4-3-5-9-21)31-27(36)19-33-16-17-34(20-28(33)37)29(38)24-10-6-7-11-26(24)35(40)41/h3-15,25H,16-20H2,1-2H3,(H,31,36)/t25-/m0/s1. The number of benzene rings is 3.